The Balaban J connectivity index is 2.37. The van der Waals surface area contributed by atoms with Crippen LogP contribution < -0.4 is 0 Å². The van der Waals surface area contributed by atoms with Gasteiger partial charge in [-0.2, -0.15) is 13.2 Å². The van der Waals surface area contributed by atoms with Crippen molar-refractivity contribution < 1.29 is 18.0 Å². The van der Waals surface area contributed by atoms with Crippen molar-refractivity contribution in [2.24, 2.45) is 11.8 Å². The van der Waals surface area contributed by atoms with E-state index in [1.54, 1.807) is 0 Å². The standard InChI is InChI=1S/C11H10F3NO/c1-6-4-7(6)10(16)8-5-15-3-2-9(8)11(12,13)14/h2-3,5-7H,4H2,1H3. The third-order valence-electron chi connectivity index (χ3n) is 2.84. The summed E-state index contributed by atoms with van der Waals surface area (Å²) in [6, 6.07) is 0.847. The first-order valence-electron chi connectivity index (χ1n) is 4.96. The van der Waals surface area contributed by atoms with Crippen LogP contribution in [-0.2, 0) is 6.18 Å². The summed E-state index contributed by atoms with van der Waals surface area (Å²) in [4.78, 5) is 15.3. The number of Topliss-reactive ketones (excluding diaryl/α,β-unsaturated/α-hetero) is 1. The van der Waals surface area contributed by atoms with E-state index in [2.05, 4.69) is 4.98 Å². The minimum Gasteiger partial charge on any atom is -0.294 e. The zero-order valence-corrected chi connectivity index (χ0v) is 8.58. The predicted octanol–water partition coefficient (Wildman–Crippen LogP) is 2.94. The molecule has 16 heavy (non-hydrogen) atoms. The molecule has 1 aromatic heterocycles. The summed E-state index contributed by atoms with van der Waals surface area (Å²) < 4.78 is 37.8. The highest BCUT2D eigenvalue weighted by atomic mass is 19.4. The summed E-state index contributed by atoms with van der Waals surface area (Å²) in [6.45, 7) is 1.85. The Morgan fingerprint density at radius 1 is 1.50 bits per heavy atom. The van der Waals surface area contributed by atoms with Crippen LogP contribution in [0.3, 0.4) is 0 Å². The number of carbonyl (C=O) groups excluding carboxylic acids is 1. The number of hydrogen-bond donors (Lipinski definition) is 0. The first-order valence-corrected chi connectivity index (χ1v) is 4.96. The fourth-order valence-corrected chi connectivity index (χ4v) is 1.73. The lowest BCUT2D eigenvalue weighted by Gasteiger charge is -2.10. The molecule has 0 N–H and O–H groups in total. The van der Waals surface area contributed by atoms with Crippen LogP contribution in [0.15, 0.2) is 18.5 Å². The smallest absolute Gasteiger partial charge is 0.294 e. The van der Waals surface area contributed by atoms with Crippen molar-refractivity contribution in [3.8, 4) is 0 Å². The molecule has 0 radical (unpaired) electrons. The third kappa shape index (κ3) is 1.94. The first-order chi connectivity index (χ1) is 7.41. The summed E-state index contributed by atoms with van der Waals surface area (Å²) in [6.07, 6.45) is -1.76. The zero-order chi connectivity index (χ0) is 11.9. The van der Waals surface area contributed by atoms with Gasteiger partial charge in [0.1, 0.15) is 0 Å². The summed E-state index contributed by atoms with van der Waals surface area (Å²) in [5.74, 6) is -0.507. The number of alkyl halides is 3. The van der Waals surface area contributed by atoms with E-state index in [1.807, 2.05) is 6.92 Å². The number of hydrogen-bond acceptors (Lipinski definition) is 2. The van der Waals surface area contributed by atoms with Gasteiger partial charge in [-0.25, -0.2) is 0 Å². The molecule has 1 aliphatic rings. The van der Waals surface area contributed by atoms with Crippen LogP contribution in [-0.4, -0.2) is 10.8 Å². The second-order valence-electron chi connectivity index (χ2n) is 4.10. The van der Waals surface area contributed by atoms with Crippen LogP contribution in [0.5, 0.6) is 0 Å². The molecule has 0 aromatic carbocycles. The van der Waals surface area contributed by atoms with Gasteiger partial charge < -0.3 is 0 Å². The fourth-order valence-electron chi connectivity index (χ4n) is 1.73. The number of ketones is 1. The van der Waals surface area contributed by atoms with Gasteiger partial charge in [0.2, 0.25) is 0 Å². The molecular weight excluding hydrogens is 219 g/mol. The van der Waals surface area contributed by atoms with E-state index in [0.717, 1.165) is 18.5 Å². The van der Waals surface area contributed by atoms with Crippen LogP contribution in [0.2, 0.25) is 0 Å². The number of pyridine rings is 1. The molecule has 0 spiro atoms. The van der Waals surface area contributed by atoms with Crippen LogP contribution in [0.25, 0.3) is 0 Å². The van der Waals surface area contributed by atoms with Gasteiger partial charge in [-0.3, -0.25) is 9.78 Å². The van der Waals surface area contributed by atoms with Gasteiger partial charge in [0.05, 0.1) is 5.56 Å². The Hall–Kier alpha value is -1.39. The molecule has 1 fully saturated rings. The number of carbonyl (C=O) groups is 1. The van der Waals surface area contributed by atoms with Crippen LogP contribution in [0, 0.1) is 11.8 Å². The molecule has 2 nitrogen and oxygen atoms in total. The average molecular weight is 229 g/mol. The van der Waals surface area contributed by atoms with E-state index in [9.17, 15) is 18.0 Å². The molecular formula is C11H10F3NO. The van der Waals surface area contributed by atoms with Crippen molar-refractivity contribution in [1.29, 1.82) is 0 Å². The normalized spacial score (nSPS) is 24.2. The molecule has 2 rings (SSSR count). The van der Waals surface area contributed by atoms with Gasteiger partial charge in [-0.05, 0) is 18.4 Å². The third-order valence-corrected chi connectivity index (χ3v) is 2.84. The van der Waals surface area contributed by atoms with Crippen LogP contribution in [0.4, 0.5) is 13.2 Å². The molecule has 2 unspecified atom stereocenters. The Morgan fingerprint density at radius 3 is 2.62 bits per heavy atom. The SMILES string of the molecule is CC1CC1C(=O)c1cnccc1C(F)(F)F. The average Bonchev–Trinajstić information content (AvgIpc) is 2.93. The summed E-state index contributed by atoms with van der Waals surface area (Å²) in [7, 11) is 0. The largest absolute Gasteiger partial charge is 0.417 e. The van der Waals surface area contributed by atoms with Crippen molar-refractivity contribution in [2.45, 2.75) is 19.5 Å². The number of halogens is 3. The molecule has 86 valence electrons. The van der Waals surface area contributed by atoms with E-state index in [4.69, 9.17) is 0 Å². The maximum atomic E-state index is 12.6. The summed E-state index contributed by atoms with van der Waals surface area (Å²) >= 11 is 0. The van der Waals surface area contributed by atoms with E-state index in [-0.39, 0.29) is 17.4 Å². The Morgan fingerprint density at radius 2 is 2.12 bits per heavy atom. The maximum Gasteiger partial charge on any atom is 0.417 e. The van der Waals surface area contributed by atoms with E-state index >= 15 is 0 Å². The highest BCUT2D eigenvalue weighted by Gasteiger charge is 2.43. The van der Waals surface area contributed by atoms with Crippen molar-refractivity contribution in [3.05, 3.63) is 29.6 Å². The van der Waals surface area contributed by atoms with Crippen LogP contribution in [0.1, 0.15) is 29.3 Å². The molecule has 0 saturated heterocycles. The molecule has 0 aliphatic heterocycles. The van der Waals surface area contributed by atoms with E-state index in [1.165, 1.54) is 0 Å². The fraction of sp³-hybridized carbons (Fsp3) is 0.455. The van der Waals surface area contributed by atoms with E-state index < -0.39 is 17.5 Å². The molecule has 0 amide bonds. The highest BCUT2D eigenvalue weighted by molar-refractivity contribution is 6.00. The van der Waals surface area contributed by atoms with Gasteiger partial charge in [0.25, 0.3) is 0 Å². The van der Waals surface area contributed by atoms with Gasteiger partial charge in [-0.15, -0.1) is 0 Å². The van der Waals surface area contributed by atoms with Crippen molar-refractivity contribution in [1.82, 2.24) is 4.98 Å². The Bertz CT molecular complexity index is 427. The minimum absolute atomic E-state index is 0.189. The molecule has 1 saturated carbocycles. The summed E-state index contributed by atoms with van der Waals surface area (Å²) in [5, 5.41) is 0. The molecule has 1 heterocycles. The first kappa shape index (κ1) is 11.1. The molecule has 1 aromatic rings. The lowest BCUT2D eigenvalue weighted by Crippen LogP contribution is -2.15. The number of aromatic nitrogens is 1. The second kappa shape index (κ2) is 3.57. The number of rotatable bonds is 2. The number of nitrogens with zero attached hydrogens (tertiary/aromatic N) is 1. The van der Waals surface area contributed by atoms with E-state index in [0.29, 0.717) is 6.42 Å². The molecule has 5 heteroatoms. The molecule has 1 aliphatic carbocycles. The van der Waals surface area contributed by atoms with Gasteiger partial charge in [0, 0.05) is 23.9 Å². The molecule has 0 bridgehead atoms. The maximum absolute atomic E-state index is 12.6. The summed E-state index contributed by atoms with van der Waals surface area (Å²) in [5.41, 5.74) is -1.18. The lowest BCUT2D eigenvalue weighted by molar-refractivity contribution is -0.138. The Kier molecular flexibility index (Phi) is 2.48. The highest BCUT2D eigenvalue weighted by Crippen LogP contribution is 2.42. The van der Waals surface area contributed by atoms with Crippen molar-refractivity contribution >= 4 is 5.78 Å². The zero-order valence-electron chi connectivity index (χ0n) is 8.58. The second-order valence-corrected chi connectivity index (χ2v) is 4.10. The monoisotopic (exact) mass is 229 g/mol. The lowest BCUT2D eigenvalue weighted by atomic mass is 10.0. The van der Waals surface area contributed by atoms with Gasteiger partial charge in [0.15, 0.2) is 5.78 Å². The van der Waals surface area contributed by atoms with Crippen molar-refractivity contribution in [3.63, 3.8) is 0 Å². The Labute approximate surface area is 90.5 Å². The minimum atomic E-state index is -4.49. The van der Waals surface area contributed by atoms with Gasteiger partial charge >= 0.3 is 6.18 Å². The van der Waals surface area contributed by atoms with Crippen molar-refractivity contribution in [2.75, 3.05) is 0 Å². The topological polar surface area (TPSA) is 30.0 Å². The van der Waals surface area contributed by atoms with Gasteiger partial charge in [-0.1, -0.05) is 6.92 Å². The predicted molar refractivity (Wildman–Crippen MR) is 50.8 cm³/mol. The quantitative estimate of drug-likeness (QED) is 0.730. The molecule has 2 atom stereocenters. The van der Waals surface area contributed by atoms with Crippen LogP contribution >= 0.6 is 0 Å².